The Morgan fingerprint density at radius 3 is 2.77 bits per heavy atom. The Bertz CT molecular complexity index is 268. The highest BCUT2D eigenvalue weighted by Gasteiger charge is 2.04. The van der Waals surface area contributed by atoms with Crippen LogP contribution < -0.4 is 10.5 Å². The van der Waals surface area contributed by atoms with Gasteiger partial charge in [-0.05, 0) is 12.1 Å². The van der Waals surface area contributed by atoms with Crippen LogP contribution in [0.4, 0.5) is 0 Å². The maximum atomic E-state index is 9.12. The third kappa shape index (κ3) is 3.22. The van der Waals surface area contributed by atoms with E-state index in [1.54, 1.807) is 12.1 Å². The number of ether oxygens (including phenoxy) is 1. The van der Waals surface area contributed by atoms with E-state index in [-0.39, 0.29) is 13.2 Å². The summed E-state index contributed by atoms with van der Waals surface area (Å²) in [4.78, 5) is 0. The second kappa shape index (κ2) is 5.07. The zero-order valence-corrected chi connectivity index (χ0v) is 7.87. The van der Waals surface area contributed by atoms with E-state index in [9.17, 15) is 0 Å². The Balaban J connectivity index is 2.50. The average Bonchev–Trinajstić information content (AvgIpc) is 2.16. The fourth-order valence-electron chi connectivity index (χ4n) is 0.816. The predicted octanol–water partition coefficient (Wildman–Crippen LogP) is 1.04. The van der Waals surface area contributed by atoms with Crippen molar-refractivity contribution in [2.75, 3.05) is 13.2 Å². The van der Waals surface area contributed by atoms with Crippen molar-refractivity contribution in [3.63, 3.8) is 0 Å². The summed E-state index contributed by atoms with van der Waals surface area (Å²) in [5.74, 6) is 0.566. The highest BCUT2D eigenvalue weighted by atomic mass is 35.5. The van der Waals surface area contributed by atoms with Gasteiger partial charge in [0.1, 0.15) is 18.5 Å². The molecule has 0 saturated heterocycles. The first-order chi connectivity index (χ1) is 6.24. The van der Waals surface area contributed by atoms with Crippen LogP contribution in [0.3, 0.4) is 0 Å². The summed E-state index contributed by atoms with van der Waals surface area (Å²) in [5, 5.41) is 9.65. The van der Waals surface area contributed by atoms with E-state index in [1.165, 1.54) is 0 Å². The highest BCUT2D eigenvalue weighted by Crippen LogP contribution is 2.22. The van der Waals surface area contributed by atoms with Crippen LogP contribution in [0, 0.1) is 0 Å². The lowest BCUT2D eigenvalue weighted by Crippen LogP contribution is -2.26. The van der Waals surface area contributed by atoms with Crippen molar-refractivity contribution >= 4 is 11.6 Å². The lowest BCUT2D eigenvalue weighted by atomic mass is 10.3. The molecule has 72 valence electrons. The highest BCUT2D eigenvalue weighted by molar-refractivity contribution is 6.32. The van der Waals surface area contributed by atoms with Crippen LogP contribution in [0.5, 0.6) is 5.75 Å². The van der Waals surface area contributed by atoms with Gasteiger partial charge in [0.2, 0.25) is 0 Å². The topological polar surface area (TPSA) is 55.5 Å². The molecule has 0 radical (unpaired) electrons. The molecular weight excluding hydrogens is 190 g/mol. The molecule has 0 aliphatic carbocycles. The van der Waals surface area contributed by atoms with Gasteiger partial charge in [-0.1, -0.05) is 23.7 Å². The third-order valence-electron chi connectivity index (χ3n) is 1.54. The van der Waals surface area contributed by atoms with E-state index >= 15 is 0 Å². The first-order valence-corrected chi connectivity index (χ1v) is 4.37. The minimum Gasteiger partial charge on any atom is -0.489 e. The molecule has 0 amide bonds. The van der Waals surface area contributed by atoms with E-state index in [0.717, 1.165) is 0 Å². The molecule has 0 aliphatic rings. The standard InChI is InChI=1S/C9H12ClNO2/c10-8-3-1-2-4-9(8)13-6-7(12)5-11/h1-4,7,12H,5-6,11H2. The Morgan fingerprint density at radius 1 is 1.46 bits per heavy atom. The number of hydrogen-bond acceptors (Lipinski definition) is 3. The molecule has 1 aromatic carbocycles. The summed E-state index contributed by atoms with van der Waals surface area (Å²) >= 11 is 5.81. The molecular formula is C9H12ClNO2. The Morgan fingerprint density at radius 2 is 2.15 bits per heavy atom. The number of rotatable bonds is 4. The van der Waals surface area contributed by atoms with Gasteiger partial charge >= 0.3 is 0 Å². The number of hydrogen-bond donors (Lipinski definition) is 2. The molecule has 0 bridgehead atoms. The summed E-state index contributed by atoms with van der Waals surface area (Å²) in [5.41, 5.74) is 5.21. The van der Waals surface area contributed by atoms with Crippen molar-refractivity contribution in [1.82, 2.24) is 0 Å². The SMILES string of the molecule is NCC(O)COc1ccccc1Cl. The molecule has 0 aromatic heterocycles. The molecule has 1 rings (SSSR count). The first-order valence-electron chi connectivity index (χ1n) is 3.99. The van der Waals surface area contributed by atoms with Crippen LogP contribution in [0.2, 0.25) is 5.02 Å². The molecule has 4 heteroatoms. The van der Waals surface area contributed by atoms with Crippen LogP contribution in [0.15, 0.2) is 24.3 Å². The largest absolute Gasteiger partial charge is 0.489 e. The van der Waals surface area contributed by atoms with Crippen LogP contribution in [-0.4, -0.2) is 24.4 Å². The van der Waals surface area contributed by atoms with Crippen molar-refractivity contribution in [3.05, 3.63) is 29.3 Å². The Kier molecular flexibility index (Phi) is 4.02. The summed E-state index contributed by atoms with van der Waals surface area (Å²) < 4.78 is 5.23. The zero-order valence-electron chi connectivity index (χ0n) is 7.11. The van der Waals surface area contributed by atoms with Crippen molar-refractivity contribution in [1.29, 1.82) is 0 Å². The molecule has 13 heavy (non-hydrogen) atoms. The molecule has 0 heterocycles. The molecule has 0 aliphatic heterocycles. The monoisotopic (exact) mass is 201 g/mol. The maximum absolute atomic E-state index is 9.12. The number of halogens is 1. The fourth-order valence-corrected chi connectivity index (χ4v) is 1.01. The quantitative estimate of drug-likeness (QED) is 0.766. The minimum atomic E-state index is -0.642. The van der Waals surface area contributed by atoms with Gasteiger partial charge in [-0.25, -0.2) is 0 Å². The van der Waals surface area contributed by atoms with Gasteiger partial charge in [0.15, 0.2) is 0 Å². The fraction of sp³-hybridized carbons (Fsp3) is 0.333. The van der Waals surface area contributed by atoms with Gasteiger partial charge in [-0.15, -0.1) is 0 Å². The maximum Gasteiger partial charge on any atom is 0.138 e. The minimum absolute atomic E-state index is 0.167. The van der Waals surface area contributed by atoms with Gasteiger partial charge < -0.3 is 15.6 Å². The second-order valence-corrected chi connectivity index (χ2v) is 3.04. The molecule has 0 saturated carbocycles. The van der Waals surface area contributed by atoms with Crippen LogP contribution >= 0.6 is 11.6 Å². The van der Waals surface area contributed by atoms with E-state index in [4.69, 9.17) is 27.2 Å². The molecule has 1 atom stereocenters. The van der Waals surface area contributed by atoms with Crippen molar-refractivity contribution in [2.45, 2.75) is 6.10 Å². The number of nitrogens with two attached hydrogens (primary N) is 1. The lowest BCUT2D eigenvalue weighted by Gasteiger charge is -2.10. The van der Waals surface area contributed by atoms with E-state index in [1.807, 2.05) is 12.1 Å². The normalized spacial score (nSPS) is 12.5. The molecule has 3 N–H and O–H groups in total. The van der Waals surface area contributed by atoms with Crippen molar-refractivity contribution < 1.29 is 9.84 Å². The zero-order chi connectivity index (χ0) is 9.68. The van der Waals surface area contributed by atoms with Crippen molar-refractivity contribution in [2.24, 2.45) is 5.73 Å². The number of aliphatic hydroxyl groups is 1. The van der Waals surface area contributed by atoms with Gasteiger partial charge in [-0.3, -0.25) is 0 Å². The second-order valence-electron chi connectivity index (χ2n) is 2.63. The van der Waals surface area contributed by atoms with Crippen molar-refractivity contribution in [3.8, 4) is 5.75 Å². The van der Waals surface area contributed by atoms with Gasteiger partial charge in [-0.2, -0.15) is 0 Å². The molecule has 1 unspecified atom stereocenters. The van der Waals surface area contributed by atoms with Gasteiger partial charge in [0.25, 0.3) is 0 Å². The van der Waals surface area contributed by atoms with Crippen LogP contribution in [0.25, 0.3) is 0 Å². The van der Waals surface area contributed by atoms with E-state index < -0.39 is 6.10 Å². The predicted molar refractivity (Wildman–Crippen MR) is 52.0 cm³/mol. The Hall–Kier alpha value is -0.770. The lowest BCUT2D eigenvalue weighted by molar-refractivity contribution is 0.114. The van der Waals surface area contributed by atoms with Gasteiger partial charge in [0.05, 0.1) is 5.02 Å². The molecule has 1 aromatic rings. The van der Waals surface area contributed by atoms with Gasteiger partial charge in [0, 0.05) is 6.54 Å². The molecule has 0 fully saturated rings. The summed E-state index contributed by atoms with van der Waals surface area (Å²) in [7, 11) is 0. The Labute approximate surface area is 82.1 Å². The summed E-state index contributed by atoms with van der Waals surface area (Å²) in [6.07, 6.45) is -0.642. The summed E-state index contributed by atoms with van der Waals surface area (Å²) in [6.45, 7) is 0.352. The number of para-hydroxylation sites is 1. The number of aliphatic hydroxyl groups excluding tert-OH is 1. The van der Waals surface area contributed by atoms with E-state index in [2.05, 4.69) is 0 Å². The van der Waals surface area contributed by atoms with E-state index in [0.29, 0.717) is 10.8 Å². The third-order valence-corrected chi connectivity index (χ3v) is 1.85. The van der Waals surface area contributed by atoms with Crippen LogP contribution in [-0.2, 0) is 0 Å². The number of benzene rings is 1. The summed E-state index contributed by atoms with van der Waals surface area (Å²) in [6, 6.07) is 7.10. The molecule has 0 spiro atoms. The first kappa shape index (κ1) is 10.3. The van der Waals surface area contributed by atoms with Crippen LogP contribution in [0.1, 0.15) is 0 Å². The smallest absolute Gasteiger partial charge is 0.138 e. The average molecular weight is 202 g/mol. The molecule has 3 nitrogen and oxygen atoms in total.